The summed E-state index contributed by atoms with van der Waals surface area (Å²) in [4.78, 5) is 1.82. The van der Waals surface area contributed by atoms with Crippen LogP contribution in [0.1, 0.15) is 26.7 Å². The van der Waals surface area contributed by atoms with E-state index in [0.29, 0.717) is 6.54 Å². The van der Waals surface area contributed by atoms with Crippen molar-refractivity contribution in [1.82, 2.24) is 4.90 Å². The molecule has 0 aromatic heterocycles. The summed E-state index contributed by atoms with van der Waals surface area (Å²) in [6.07, 6.45) is -4.05. The normalized spacial score (nSPS) is 28.3. The number of halogens is 4. The van der Waals surface area contributed by atoms with Crippen LogP contribution in [0.2, 0.25) is 0 Å². The van der Waals surface area contributed by atoms with E-state index >= 15 is 0 Å². The lowest BCUT2D eigenvalue weighted by atomic mass is 10.0. The van der Waals surface area contributed by atoms with E-state index in [1.807, 2.05) is 18.7 Å². The average molecular weight is 230 g/mol. The zero-order chi connectivity index (χ0) is 11.0. The highest BCUT2D eigenvalue weighted by Gasteiger charge is 2.41. The van der Waals surface area contributed by atoms with Gasteiger partial charge >= 0.3 is 6.18 Å². The van der Waals surface area contributed by atoms with Crippen LogP contribution >= 0.6 is 11.6 Å². The van der Waals surface area contributed by atoms with Crippen LogP contribution in [0.3, 0.4) is 0 Å². The molecule has 84 valence electrons. The summed E-state index contributed by atoms with van der Waals surface area (Å²) in [5.41, 5.74) is -0.313. The minimum Gasteiger partial charge on any atom is -0.296 e. The molecule has 1 fully saturated rings. The van der Waals surface area contributed by atoms with Crippen molar-refractivity contribution in [2.75, 3.05) is 13.1 Å². The van der Waals surface area contributed by atoms with Crippen molar-refractivity contribution in [3.63, 3.8) is 0 Å². The maximum Gasteiger partial charge on any atom is 0.390 e. The predicted molar refractivity (Wildman–Crippen MR) is 50.6 cm³/mol. The minimum absolute atomic E-state index is 0.0456. The highest BCUT2D eigenvalue weighted by Crippen LogP contribution is 2.34. The number of alkyl halides is 4. The molecule has 0 aromatic rings. The molecule has 0 aromatic carbocycles. The monoisotopic (exact) mass is 229 g/mol. The fourth-order valence-electron chi connectivity index (χ4n) is 1.77. The van der Waals surface area contributed by atoms with Crippen molar-refractivity contribution in [2.45, 2.75) is 43.8 Å². The molecule has 0 aliphatic carbocycles. The average Bonchev–Trinajstić information content (AvgIpc) is 2.23. The Morgan fingerprint density at radius 1 is 1.43 bits per heavy atom. The van der Waals surface area contributed by atoms with Gasteiger partial charge in [-0.1, -0.05) is 0 Å². The number of hydrogen-bond acceptors (Lipinski definition) is 1. The molecule has 1 atom stereocenters. The molecule has 0 amide bonds. The van der Waals surface area contributed by atoms with Gasteiger partial charge in [-0.3, -0.25) is 4.90 Å². The first-order valence-corrected chi connectivity index (χ1v) is 5.13. The van der Waals surface area contributed by atoms with Crippen molar-refractivity contribution in [2.24, 2.45) is 0 Å². The molecule has 0 N–H and O–H groups in total. The third kappa shape index (κ3) is 2.76. The van der Waals surface area contributed by atoms with E-state index in [2.05, 4.69) is 0 Å². The Kier molecular flexibility index (Phi) is 3.37. The second-order valence-corrected chi connectivity index (χ2v) is 4.79. The second-order valence-electron chi connectivity index (χ2n) is 4.26. The van der Waals surface area contributed by atoms with Crippen molar-refractivity contribution in [1.29, 1.82) is 0 Å². The predicted octanol–water partition coefficient (Wildman–Crippen LogP) is 3.03. The molecule has 5 heteroatoms. The summed E-state index contributed by atoms with van der Waals surface area (Å²) in [6.45, 7) is 4.51. The molecule has 14 heavy (non-hydrogen) atoms. The summed E-state index contributed by atoms with van der Waals surface area (Å²) in [6, 6.07) is 0. The van der Waals surface area contributed by atoms with E-state index in [1.54, 1.807) is 0 Å². The van der Waals surface area contributed by atoms with E-state index in [4.69, 9.17) is 11.6 Å². The number of rotatable bonds is 2. The first-order valence-electron chi connectivity index (χ1n) is 4.69. The van der Waals surface area contributed by atoms with Gasteiger partial charge in [-0.2, -0.15) is 13.2 Å². The van der Waals surface area contributed by atoms with Gasteiger partial charge in [-0.15, -0.1) is 11.6 Å². The van der Waals surface area contributed by atoms with Crippen LogP contribution < -0.4 is 0 Å². The highest BCUT2D eigenvalue weighted by atomic mass is 35.5. The van der Waals surface area contributed by atoms with Gasteiger partial charge < -0.3 is 0 Å². The minimum atomic E-state index is -4.07. The van der Waals surface area contributed by atoms with Gasteiger partial charge in [0, 0.05) is 18.6 Å². The maximum absolute atomic E-state index is 12.0. The van der Waals surface area contributed by atoms with Crippen molar-refractivity contribution < 1.29 is 13.2 Å². The van der Waals surface area contributed by atoms with Crippen molar-refractivity contribution in [3.05, 3.63) is 0 Å². The van der Waals surface area contributed by atoms with Gasteiger partial charge in [-0.05, 0) is 20.3 Å². The Morgan fingerprint density at radius 3 is 2.36 bits per heavy atom. The third-order valence-corrected chi connectivity index (χ3v) is 3.65. The maximum atomic E-state index is 12.0. The molecule has 1 heterocycles. The van der Waals surface area contributed by atoms with Crippen LogP contribution in [0.15, 0.2) is 0 Å². The Hall–Kier alpha value is 0.0400. The highest BCUT2D eigenvalue weighted by molar-refractivity contribution is 6.21. The Bertz CT molecular complexity index is 203. The van der Waals surface area contributed by atoms with E-state index in [0.717, 1.165) is 6.42 Å². The molecule has 1 aliphatic heterocycles. The van der Waals surface area contributed by atoms with Gasteiger partial charge in [0.25, 0.3) is 0 Å². The van der Waals surface area contributed by atoms with E-state index in [1.165, 1.54) is 0 Å². The lowest BCUT2D eigenvalue weighted by Crippen LogP contribution is -2.44. The molecule has 0 saturated carbocycles. The number of likely N-dealkylation sites (tertiary alicyclic amines) is 1. The van der Waals surface area contributed by atoms with Gasteiger partial charge in [0.15, 0.2) is 0 Å². The molecule has 0 radical (unpaired) electrons. The quantitative estimate of drug-likeness (QED) is 0.658. The molecule has 0 spiro atoms. The Morgan fingerprint density at radius 2 is 2.00 bits per heavy atom. The standard InChI is InChI=1S/C9H15ClF3N/c1-8(2)7(10)3-5-14(8)6-4-9(11,12)13/h7H,3-6H2,1-2H3. The smallest absolute Gasteiger partial charge is 0.296 e. The molecular weight excluding hydrogens is 215 g/mol. The summed E-state index contributed by atoms with van der Waals surface area (Å²) in [7, 11) is 0. The molecule has 1 rings (SSSR count). The lowest BCUT2D eigenvalue weighted by Gasteiger charge is -2.33. The first kappa shape index (κ1) is 12.1. The van der Waals surface area contributed by atoms with Crippen molar-refractivity contribution in [3.8, 4) is 0 Å². The Labute approximate surface area is 87.2 Å². The summed E-state index contributed by atoms with van der Waals surface area (Å²) in [5, 5.41) is -0.0456. The van der Waals surface area contributed by atoms with Gasteiger partial charge in [0.2, 0.25) is 0 Å². The lowest BCUT2D eigenvalue weighted by molar-refractivity contribution is -0.139. The van der Waals surface area contributed by atoms with Crippen LogP contribution in [0.5, 0.6) is 0 Å². The molecular formula is C9H15ClF3N. The van der Waals surface area contributed by atoms with Gasteiger partial charge in [-0.25, -0.2) is 0 Å². The van der Waals surface area contributed by atoms with Crippen LogP contribution in [0, 0.1) is 0 Å². The fourth-order valence-corrected chi connectivity index (χ4v) is 2.01. The summed E-state index contributed by atoms with van der Waals surface area (Å²) >= 11 is 6.03. The van der Waals surface area contributed by atoms with Crippen LogP contribution in [-0.2, 0) is 0 Å². The third-order valence-electron chi connectivity index (χ3n) is 2.90. The van der Waals surface area contributed by atoms with E-state index < -0.39 is 12.6 Å². The van der Waals surface area contributed by atoms with E-state index in [9.17, 15) is 13.2 Å². The molecule has 1 nitrogen and oxygen atoms in total. The zero-order valence-corrected chi connectivity index (χ0v) is 9.12. The van der Waals surface area contributed by atoms with Gasteiger partial charge in [0.05, 0.1) is 11.8 Å². The zero-order valence-electron chi connectivity index (χ0n) is 8.36. The summed E-state index contributed by atoms with van der Waals surface area (Å²) < 4.78 is 36.0. The number of hydrogen-bond donors (Lipinski definition) is 0. The van der Waals surface area contributed by atoms with Crippen LogP contribution in [-0.4, -0.2) is 35.1 Å². The summed E-state index contributed by atoms with van der Waals surface area (Å²) in [5.74, 6) is 0. The van der Waals surface area contributed by atoms with Crippen molar-refractivity contribution >= 4 is 11.6 Å². The Balaban J connectivity index is 2.47. The molecule has 1 unspecified atom stereocenters. The largest absolute Gasteiger partial charge is 0.390 e. The van der Waals surface area contributed by atoms with E-state index in [-0.39, 0.29) is 17.5 Å². The molecule has 0 bridgehead atoms. The topological polar surface area (TPSA) is 3.24 Å². The SMILES string of the molecule is CC1(C)C(Cl)CCN1CCC(F)(F)F. The fraction of sp³-hybridized carbons (Fsp3) is 1.00. The first-order chi connectivity index (χ1) is 6.23. The molecule has 1 saturated heterocycles. The second kappa shape index (κ2) is 3.89. The van der Waals surface area contributed by atoms with Crippen LogP contribution in [0.25, 0.3) is 0 Å². The number of nitrogens with zero attached hydrogens (tertiary/aromatic N) is 1. The molecule has 1 aliphatic rings. The van der Waals surface area contributed by atoms with Gasteiger partial charge in [0.1, 0.15) is 0 Å². The van der Waals surface area contributed by atoms with Crippen LogP contribution in [0.4, 0.5) is 13.2 Å².